The van der Waals surface area contributed by atoms with Gasteiger partial charge in [0, 0.05) is 6.54 Å². The predicted molar refractivity (Wildman–Crippen MR) is 120 cm³/mol. The molecule has 0 rings (SSSR count). The second kappa shape index (κ2) is 14.6. The van der Waals surface area contributed by atoms with Gasteiger partial charge in [-0.2, -0.15) is 0 Å². The van der Waals surface area contributed by atoms with Crippen molar-refractivity contribution < 1.29 is 39.3 Å². The van der Waals surface area contributed by atoms with Gasteiger partial charge < -0.3 is 48.5 Å². The summed E-state index contributed by atoms with van der Waals surface area (Å²) in [6, 6.07) is -5.45. The summed E-state index contributed by atoms with van der Waals surface area (Å²) in [5, 5.41) is 34.4. The predicted octanol–water partition coefficient (Wildman–Crippen LogP) is -3.58. The van der Waals surface area contributed by atoms with E-state index in [-0.39, 0.29) is 25.3 Å². The summed E-state index contributed by atoms with van der Waals surface area (Å²) in [6.45, 7) is 4.60. The number of aliphatic carboxylic acids is 2. The van der Waals surface area contributed by atoms with Crippen LogP contribution in [-0.4, -0.2) is 87.8 Å². The number of hydrogen-bond donors (Lipinski definition) is 9. The number of carbonyl (C=O) groups excluding carboxylic acids is 3. The molecule has 0 heterocycles. The van der Waals surface area contributed by atoms with E-state index in [1.165, 1.54) is 6.92 Å². The molecule has 3 amide bonds. The first-order valence-corrected chi connectivity index (χ1v) is 10.5. The molecule has 0 saturated carbocycles. The standard InChI is InChI=1S/C19H35N7O8/c1-8(2)14(17(32)25-11(18(33)34)7-12(28)29)26-15(30)10(5-4-6-23-19(21)22)24-16(31)13(20)9(3)27/h8-11,13-14,27H,4-7,20H2,1-3H3,(H,24,31)(H,25,32)(H,26,30)(H,28,29)(H,33,34)(H4,21,22,23). The van der Waals surface area contributed by atoms with E-state index in [1.807, 2.05) is 0 Å². The Morgan fingerprint density at radius 2 is 1.44 bits per heavy atom. The van der Waals surface area contributed by atoms with Gasteiger partial charge in [0.25, 0.3) is 0 Å². The van der Waals surface area contributed by atoms with Crippen molar-refractivity contribution in [2.45, 2.75) is 70.3 Å². The van der Waals surface area contributed by atoms with Crippen LogP contribution in [0.4, 0.5) is 0 Å². The first-order valence-electron chi connectivity index (χ1n) is 10.5. The van der Waals surface area contributed by atoms with E-state index >= 15 is 0 Å². The minimum Gasteiger partial charge on any atom is -0.481 e. The molecule has 0 fully saturated rings. The Morgan fingerprint density at radius 1 is 0.882 bits per heavy atom. The molecule has 0 aromatic heterocycles. The molecule has 0 aromatic rings. The number of carboxylic acid groups (broad SMARTS) is 2. The van der Waals surface area contributed by atoms with E-state index in [1.54, 1.807) is 13.8 Å². The third kappa shape index (κ3) is 11.4. The number of carbonyl (C=O) groups is 5. The van der Waals surface area contributed by atoms with Crippen LogP contribution in [-0.2, 0) is 24.0 Å². The lowest BCUT2D eigenvalue weighted by Gasteiger charge is -2.27. The van der Waals surface area contributed by atoms with Gasteiger partial charge in [0.15, 0.2) is 5.96 Å². The van der Waals surface area contributed by atoms with Crippen molar-refractivity contribution >= 4 is 35.6 Å². The molecule has 0 bridgehead atoms. The molecule has 0 aliphatic rings. The van der Waals surface area contributed by atoms with E-state index in [0.29, 0.717) is 0 Å². The van der Waals surface area contributed by atoms with Gasteiger partial charge in [-0.05, 0) is 25.7 Å². The molecule has 0 radical (unpaired) electrons. The average molecular weight is 490 g/mol. The molecular weight excluding hydrogens is 454 g/mol. The highest BCUT2D eigenvalue weighted by molar-refractivity contribution is 5.94. The zero-order valence-corrected chi connectivity index (χ0v) is 19.4. The van der Waals surface area contributed by atoms with Gasteiger partial charge in [-0.15, -0.1) is 0 Å². The van der Waals surface area contributed by atoms with Gasteiger partial charge in [0.1, 0.15) is 24.2 Å². The van der Waals surface area contributed by atoms with Crippen molar-refractivity contribution in [1.82, 2.24) is 16.0 Å². The molecular formula is C19H35N7O8. The number of amides is 3. The number of nitrogens with zero attached hydrogens (tertiary/aromatic N) is 1. The molecule has 12 N–H and O–H groups in total. The van der Waals surface area contributed by atoms with Crippen LogP contribution in [0.2, 0.25) is 0 Å². The topological polar surface area (TPSA) is 273 Å². The summed E-state index contributed by atoms with van der Waals surface area (Å²) in [7, 11) is 0. The third-order valence-corrected chi connectivity index (χ3v) is 4.64. The Bertz CT molecular complexity index is 768. The second-order valence-corrected chi connectivity index (χ2v) is 8.00. The van der Waals surface area contributed by atoms with Crippen LogP contribution in [0.15, 0.2) is 4.99 Å². The molecule has 5 atom stereocenters. The van der Waals surface area contributed by atoms with Crippen molar-refractivity contribution in [3.63, 3.8) is 0 Å². The molecule has 194 valence electrons. The zero-order valence-electron chi connectivity index (χ0n) is 19.4. The highest BCUT2D eigenvalue weighted by Gasteiger charge is 2.32. The molecule has 15 heteroatoms. The fraction of sp³-hybridized carbons (Fsp3) is 0.684. The van der Waals surface area contributed by atoms with Crippen molar-refractivity contribution in [3.8, 4) is 0 Å². The molecule has 34 heavy (non-hydrogen) atoms. The van der Waals surface area contributed by atoms with Crippen LogP contribution in [0.3, 0.4) is 0 Å². The Morgan fingerprint density at radius 3 is 1.88 bits per heavy atom. The maximum Gasteiger partial charge on any atom is 0.326 e. The van der Waals surface area contributed by atoms with E-state index < -0.39 is 72.3 Å². The lowest BCUT2D eigenvalue weighted by atomic mass is 10.0. The zero-order chi connectivity index (χ0) is 26.6. The number of carboxylic acids is 2. The maximum atomic E-state index is 12.9. The van der Waals surface area contributed by atoms with Gasteiger partial charge >= 0.3 is 11.9 Å². The Kier molecular flexibility index (Phi) is 13.2. The molecule has 0 saturated heterocycles. The van der Waals surface area contributed by atoms with Crippen molar-refractivity contribution in [3.05, 3.63) is 0 Å². The highest BCUT2D eigenvalue weighted by Crippen LogP contribution is 2.07. The van der Waals surface area contributed by atoms with Crippen LogP contribution in [0.25, 0.3) is 0 Å². The molecule has 0 spiro atoms. The molecule has 5 unspecified atom stereocenters. The lowest BCUT2D eigenvalue weighted by Crippen LogP contribution is -2.59. The lowest BCUT2D eigenvalue weighted by molar-refractivity contribution is -0.147. The number of aliphatic hydroxyl groups is 1. The monoisotopic (exact) mass is 489 g/mol. The summed E-state index contributed by atoms with van der Waals surface area (Å²) in [4.78, 5) is 63.7. The molecule has 0 aliphatic carbocycles. The maximum absolute atomic E-state index is 12.9. The van der Waals surface area contributed by atoms with Crippen LogP contribution in [0.5, 0.6) is 0 Å². The number of hydrogen-bond acceptors (Lipinski definition) is 8. The number of aliphatic imine (C=N–C) groups is 1. The Hall–Kier alpha value is -3.46. The van der Waals surface area contributed by atoms with Crippen LogP contribution in [0, 0.1) is 5.92 Å². The fourth-order valence-corrected chi connectivity index (χ4v) is 2.68. The van der Waals surface area contributed by atoms with Crippen LogP contribution in [0.1, 0.15) is 40.0 Å². The van der Waals surface area contributed by atoms with Gasteiger partial charge in [-0.25, -0.2) is 4.79 Å². The van der Waals surface area contributed by atoms with E-state index in [4.69, 9.17) is 27.4 Å². The average Bonchev–Trinajstić information content (AvgIpc) is 2.71. The summed E-state index contributed by atoms with van der Waals surface area (Å²) >= 11 is 0. The molecule has 0 aromatic carbocycles. The van der Waals surface area contributed by atoms with E-state index in [0.717, 1.165) is 0 Å². The van der Waals surface area contributed by atoms with Gasteiger partial charge in [-0.3, -0.25) is 24.2 Å². The van der Waals surface area contributed by atoms with Crippen molar-refractivity contribution in [2.24, 2.45) is 28.1 Å². The fourth-order valence-electron chi connectivity index (χ4n) is 2.68. The van der Waals surface area contributed by atoms with Crippen LogP contribution >= 0.6 is 0 Å². The number of guanidine groups is 1. The van der Waals surface area contributed by atoms with E-state index in [9.17, 15) is 29.1 Å². The third-order valence-electron chi connectivity index (χ3n) is 4.64. The number of aliphatic hydroxyl groups excluding tert-OH is 1. The first-order chi connectivity index (χ1) is 15.7. The SMILES string of the molecule is CC(C)C(NC(=O)C(CCCN=C(N)N)NC(=O)C(N)C(C)O)C(=O)NC(CC(=O)O)C(=O)O. The van der Waals surface area contributed by atoms with Crippen LogP contribution < -0.4 is 33.2 Å². The Labute approximate surface area is 196 Å². The largest absolute Gasteiger partial charge is 0.481 e. The minimum atomic E-state index is -1.71. The molecule has 15 nitrogen and oxygen atoms in total. The summed E-state index contributed by atoms with van der Waals surface area (Å²) < 4.78 is 0. The number of rotatable bonds is 15. The minimum absolute atomic E-state index is 0.0457. The summed E-state index contributed by atoms with van der Waals surface area (Å²) in [5.74, 6) is -6.18. The summed E-state index contributed by atoms with van der Waals surface area (Å²) in [5.41, 5.74) is 16.1. The second-order valence-electron chi connectivity index (χ2n) is 8.00. The smallest absolute Gasteiger partial charge is 0.326 e. The Balaban J connectivity index is 5.54. The van der Waals surface area contributed by atoms with Gasteiger partial charge in [-0.1, -0.05) is 13.8 Å². The van der Waals surface area contributed by atoms with E-state index in [2.05, 4.69) is 20.9 Å². The summed E-state index contributed by atoms with van der Waals surface area (Å²) in [6.07, 6.45) is -1.75. The number of nitrogens with one attached hydrogen (secondary N) is 3. The molecule has 0 aliphatic heterocycles. The normalized spacial score (nSPS) is 15.2. The van der Waals surface area contributed by atoms with Gasteiger partial charge in [0.2, 0.25) is 17.7 Å². The van der Waals surface area contributed by atoms with Gasteiger partial charge in [0.05, 0.1) is 12.5 Å². The van der Waals surface area contributed by atoms with Crippen molar-refractivity contribution in [1.29, 1.82) is 0 Å². The number of nitrogens with two attached hydrogens (primary N) is 3. The quantitative estimate of drug-likeness (QED) is 0.0616. The first kappa shape index (κ1) is 30.5. The highest BCUT2D eigenvalue weighted by atomic mass is 16.4. The van der Waals surface area contributed by atoms with Crippen molar-refractivity contribution in [2.75, 3.05) is 6.54 Å².